The lowest BCUT2D eigenvalue weighted by atomic mass is 10.1. The molecule has 1 amide bonds. The summed E-state index contributed by atoms with van der Waals surface area (Å²) in [4.78, 5) is 12.1. The summed E-state index contributed by atoms with van der Waals surface area (Å²) in [7, 11) is 1.59. The Morgan fingerprint density at radius 1 is 1.50 bits per heavy atom. The fourth-order valence-corrected chi connectivity index (χ4v) is 2.09. The molecule has 0 radical (unpaired) electrons. The molecule has 0 bridgehead atoms. The monoisotopic (exact) mass is 289 g/mol. The predicted molar refractivity (Wildman–Crippen MR) is 74.7 cm³/mol. The smallest absolute Gasteiger partial charge is 0.253 e. The van der Waals surface area contributed by atoms with Crippen molar-refractivity contribution in [2.24, 2.45) is 0 Å². The number of ether oxygens (including phenoxy) is 1. The number of methoxy groups -OCH3 is 1. The molecule has 1 rings (SSSR count). The number of carbonyl (C=O) groups is 1. The standard InChI is InChI=1S/C13H17Cl2NO2/c1-9-4-3-5-11(12(9)15)13(17)16-10(6-7-14)8-18-2/h3-5,10H,6-8H2,1-2H3,(H,16,17). The van der Waals surface area contributed by atoms with Gasteiger partial charge in [0.2, 0.25) is 0 Å². The van der Waals surface area contributed by atoms with Crippen molar-refractivity contribution in [2.75, 3.05) is 19.6 Å². The van der Waals surface area contributed by atoms with Gasteiger partial charge in [0.1, 0.15) is 0 Å². The summed E-state index contributed by atoms with van der Waals surface area (Å²) in [6.07, 6.45) is 0.657. The second-order valence-corrected chi connectivity index (χ2v) is 4.80. The third-order valence-corrected chi connectivity index (χ3v) is 3.32. The molecule has 5 heteroatoms. The molecule has 0 saturated carbocycles. The zero-order valence-corrected chi connectivity index (χ0v) is 12.0. The largest absolute Gasteiger partial charge is 0.383 e. The molecule has 1 N–H and O–H groups in total. The Balaban J connectivity index is 2.77. The minimum atomic E-state index is -0.198. The second-order valence-electron chi connectivity index (χ2n) is 4.04. The first-order valence-corrected chi connectivity index (χ1v) is 6.62. The van der Waals surface area contributed by atoms with Gasteiger partial charge in [0.15, 0.2) is 0 Å². The van der Waals surface area contributed by atoms with Crippen LogP contribution in [0.25, 0.3) is 0 Å². The van der Waals surface area contributed by atoms with E-state index in [2.05, 4.69) is 5.32 Å². The summed E-state index contributed by atoms with van der Waals surface area (Å²) in [6.45, 7) is 2.30. The molecule has 0 saturated heterocycles. The lowest BCUT2D eigenvalue weighted by Crippen LogP contribution is -2.38. The Morgan fingerprint density at radius 2 is 2.22 bits per heavy atom. The maximum atomic E-state index is 12.1. The van der Waals surface area contributed by atoms with Crippen LogP contribution in [0.4, 0.5) is 0 Å². The van der Waals surface area contributed by atoms with Gasteiger partial charge in [-0.3, -0.25) is 4.79 Å². The van der Waals surface area contributed by atoms with Crippen LogP contribution in [-0.4, -0.2) is 31.5 Å². The highest BCUT2D eigenvalue weighted by atomic mass is 35.5. The van der Waals surface area contributed by atoms with Crippen molar-refractivity contribution in [2.45, 2.75) is 19.4 Å². The third kappa shape index (κ3) is 4.16. The molecule has 0 aliphatic carbocycles. The first kappa shape index (κ1) is 15.3. The van der Waals surface area contributed by atoms with E-state index in [1.165, 1.54) is 0 Å². The van der Waals surface area contributed by atoms with Crippen molar-refractivity contribution >= 4 is 29.1 Å². The normalized spacial score (nSPS) is 12.2. The minimum absolute atomic E-state index is 0.100. The van der Waals surface area contributed by atoms with Gasteiger partial charge in [0.25, 0.3) is 5.91 Å². The lowest BCUT2D eigenvalue weighted by Gasteiger charge is -2.17. The van der Waals surface area contributed by atoms with Crippen LogP contribution in [0.1, 0.15) is 22.3 Å². The number of carbonyl (C=O) groups excluding carboxylic acids is 1. The van der Waals surface area contributed by atoms with Gasteiger partial charge in [0, 0.05) is 13.0 Å². The summed E-state index contributed by atoms with van der Waals surface area (Å²) in [5.74, 6) is 0.270. The van der Waals surface area contributed by atoms with Gasteiger partial charge >= 0.3 is 0 Å². The molecule has 3 nitrogen and oxygen atoms in total. The molecule has 0 aliphatic rings. The van der Waals surface area contributed by atoms with Crippen molar-refractivity contribution in [3.63, 3.8) is 0 Å². The van der Waals surface area contributed by atoms with E-state index in [0.29, 0.717) is 29.5 Å². The SMILES string of the molecule is COCC(CCCl)NC(=O)c1cccc(C)c1Cl. The Morgan fingerprint density at radius 3 is 2.83 bits per heavy atom. The summed E-state index contributed by atoms with van der Waals surface area (Å²) in [5, 5.41) is 3.35. The van der Waals surface area contributed by atoms with Crippen molar-refractivity contribution in [3.8, 4) is 0 Å². The number of hydrogen-bond acceptors (Lipinski definition) is 2. The van der Waals surface area contributed by atoms with Crippen LogP contribution in [0.3, 0.4) is 0 Å². The van der Waals surface area contributed by atoms with Gasteiger partial charge in [-0.15, -0.1) is 11.6 Å². The Bertz CT molecular complexity index is 404. The molecular formula is C13H17Cl2NO2. The lowest BCUT2D eigenvalue weighted by molar-refractivity contribution is 0.0895. The van der Waals surface area contributed by atoms with Crippen LogP contribution in [0.2, 0.25) is 5.02 Å². The van der Waals surface area contributed by atoms with E-state index in [0.717, 1.165) is 5.56 Å². The molecule has 1 aromatic rings. The molecule has 1 unspecified atom stereocenters. The van der Waals surface area contributed by atoms with Gasteiger partial charge in [-0.25, -0.2) is 0 Å². The van der Waals surface area contributed by atoms with Crippen LogP contribution >= 0.6 is 23.2 Å². The fraction of sp³-hybridized carbons (Fsp3) is 0.462. The minimum Gasteiger partial charge on any atom is -0.383 e. The highest BCUT2D eigenvalue weighted by Gasteiger charge is 2.16. The zero-order chi connectivity index (χ0) is 13.5. The van der Waals surface area contributed by atoms with Crippen LogP contribution in [0, 0.1) is 6.92 Å². The van der Waals surface area contributed by atoms with Crippen LogP contribution in [-0.2, 0) is 4.74 Å². The van der Waals surface area contributed by atoms with Crippen molar-refractivity contribution < 1.29 is 9.53 Å². The summed E-state index contributed by atoms with van der Waals surface area (Å²) < 4.78 is 5.04. The Kier molecular flexibility index (Phi) is 6.47. The highest BCUT2D eigenvalue weighted by molar-refractivity contribution is 6.34. The maximum Gasteiger partial charge on any atom is 0.253 e. The molecule has 0 fully saturated rings. The van der Waals surface area contributed by atoms with Crippen LogP contribution < -0.4 is 5.32 Å². The first-order valence-electron chi connectivity index (χ1n) is 5.71. The van der Waals surface area contributed by atoms with Crippen LogP contribution in [0.5, 0.6) is 0 Å². The molecule has 1 atom stereocenters. The third-order valence-electron chi connectivity index (χ3n) is 2.60. The van der Waals surface area contributed by atoms with E-state index in [-0.39, 0.29) is 11.9 Å². The molecule has 1 aromatic carbocycles. The number of hydrogen-bond donors (Lipinski definition) is 1. The molecule has 0 aromatic heterocycles. The molecule has 0 heterocycles. The van der Waals surface area contributed by atoms with E-state index in [1.54, 1.807) is 13.2 Å². The van der Waals surface area contributed by atoms with E-state index in [9.17, 15) is 4.79 Å². The first-order chi connectivity index (χ1) is 8.60. The quantitative estimate of drug-likeness (QED) is 0.818. The van der Waals surface area contributed by atoms with Crippen molar-refractivity contribution in [1.82, 2.24) is 5.32 Å². The number of aryl methyl sites for hydroxylation is 1. The van der Waals surface area contributed by atoms with Crippen LogP contribution in [0.15, 0.2) is 18.2 Å². The number of rotatable bonds is 6. The summed E-state index contributed by atoms with van der Waals surface area (Å²) >= 11 is 11.8. The van der Waals surface area contributed by atoms with Crippen molar-refractivity contribution in [1.29, 1.82) is 0 Å². The Hall–Kier alpha value is -0.770. The van der Waals surface area contributed by atoms with E-state index in [4.69, 9.17) is 27.9 Å². The number of halogens is 2. The predicted octanol–water partition coefficient (Wildman–Crippen LogP) is 3.02. The van der Waals surface area contributed by atoms with Gasteiger partial charge in [0.05, 0.1) is 23.2 Å². The summed E-state index contributed by atoms with van der Waals surface area (Å²) in [6, 6.07) is 5.28. The van der Waals surface area contributed by atoms with Gasteiger partial charge in [-0.2, -0.15) is 0 Å². The Labute approximate surface area is 117 Å². The highest BCUT2D eigenvalue weighted by Crippen LogP contribution is 2.20. The number of alkyl halides is 1. The van der Waals surface area contributed by atoms with Gasteiger partial charge in [-0.05, 0) is 25.0 Å². The second kappa shape index (κ2) is 7.62. The average Bonchev–Trinajstić information content (AvgIpc) is 2.33. The number of amides is 1. The maximum absolute atomic E-state index is 12.1. The van der Waals surface area contributed by atoms with Gasteiger partial charge in [-0.1, -0.05) is 23.7 Å². The average molecular weight is 290 g/mol. The van der Waals surface area contributed by atoms with E-state index < -0.39 is 0 Å². The molecule has 18 heavy (non-hydrogen) atoms. The molecule has 0 aliphatic heterocycles. The van der Waals surface area contributed by atoms with Gasteiger partial charge < -0.3 is 10.1 Å². The molecular weight excluding hydrogens is 273 g/mol. The number of nitrogens with one attached hydrogen (secondary N) is 1. The molecule has 0 spiro atoms. The topological polar surface area (TPSA) is 38.3 Å². The van der Waals surface area contributed by atoms with Crippen molar-refractivity contribution in [3.05, 3.63) is 34.3 Å². The zero-order valence-electron chi connectivity index (χ0n) is 10.5. The summed E-state index contributed by atoms with van der Waals surface area (Å²) in [5.41, 5.74) is 1.36. The fourth-order valence-electron chi connectivity index (χ4n) is 1.62. The van der Waals surface area contributed by atoms with E-state index in [1.807, 2.05) is 19.1 Å². The number of benzene rings is 1. The molecule has 100 valence electrons. The van der Waals surface area contributed by atoms with E-state index >= 15 is 0 Å².